The van der Waals surface area contributed by atoms with Crippen LogP contribution in [0, 0.1) is 0 Å². The summed E-state index contributed by atoms with van der Waals surface area (Å²) in [5.74, 6) is 0.315. The molecule has 0 heteroatoms. The van der Waals surface area contributed by atoms with Crippen LogP contribution in [0.5, 0.6) is 0 Å². The van der Waals surface area contributed by atoms with Crippen LogP contribution < -0.4 is 0 Å². The molecule has 0 radical (unpaired) electrons. The number of fused-ring (bicyclic) bond motifs is 10. The summed E-state index contributed by atoms with van der Waals surface area (Å²) >= 11 is 0. The first-order valence-electron chi connectivity index (χ1n) is 22.1. The molecule has 12 rings (SSSR count). The van der Waals surface area contributed by atoms with Crippen molar-refractivity contribution in [3.63, 3.8) is 0 Å². The van der Waals surface area contributed by atoms with E-state index < -0.39 is 5.41 Å². The van der Waals surface area contributed by atoms with Gasteiger partial charge in [-0.25, -0.2) is 0 Å². The van der Waals surface area contributed by atoms with Gasteiger partial charge in [-0.05, 0) is 112 Å². The van der Waals surface area contributed by atoms with Crippen molar-refractivity contribution in [1.82, 2.24) is 0 Å². The van der Waals surface area contributed by atoms with Crippen molar-refractivity contribution in [1.29, 1.82) is 0 Å². The van der Waals surface area contributed by atoms with Gasteiger partial charge in [0.1, 0.15) is 0 Å². The van der Waals surface area contributed by atoms with E-state index >= 15 is 0 Å². The summed E-state index contributed by atoms with van der Waals surface area (Å²) in [6.45, 7) is 0. The van der Waals surface area contributed by atoms with Gasteiger partial charge in [-0.1, -0.05) is 243 Å². The first-order valence-corrected chi connectivity index (χ1v) is 22.1. The van der Waals surface area contributed by atoms with E-state index in [1.54, 1.807) is 0 Å². The zero-order chi connectivity index (χ0) is 41.7. The van der Waals surface area contributed by atoms with E-state index in [1.165, 1.54) is 100 Å². The van der Waals surface area contributed by atoms with E-state index in [9.17, 15) is 0 Å². The molecule has 0 amide bonds. The second-order valence-electron chi connectivity index (χ2n) is 17.1. The minimum atomic E-state index is -0.457. The molecule has 0 saturated heterocycles. The van der Waals surface area contributed by atoms with Gasteiger partial charge < -0.3 is 0 Å². The van der Waals surface area contributed by atoms with Crippen molar-refractivity contribution in [3.05, 3.63) is 310 Å². The van der Waals surface area contributed by atoms with E-state index in [4.69, 9.17) is 0 Å². The van der Waals surface area contributed by atoms with Crippen LogP contribution in [0.25, 0.3) is 44.5 Å². The summed E-state index contributed by atoms with van der Waals surface area (Å²) < 4.78 is 0. The van der Waals surface area contributed by atoms with Crippen LogP contribution in [-0.2, 0) is 5.41 Å². The molecule has 2 aliphatic carbocycles. The Hall–Kier alpha value is -7.80. The molecule has 0 unspecified atom stereocenters. The van der Waals surface area contributed by atoms with Crippen LogP contribution in [-0.4, -0.2) is 0 Å². The topological polar surface area (TPSA) is 0 Å². The molecule has 0 N–H and O–H groups in total. The van der Waals surface area contributed by atoms with Crippen molar-refractivity contribution < 1.29 is 0 Å². The number of hydrogen-bond donors (Lipinski definition) is 0. The molecular formula is C63H44. The highest BCUT2D eigenvalue weighted by Crippen LogP contribution is 2.63. The average molecular weight is 801 g/mol. The van der Waals surface area contributed by atoms with E-state index in [2.05, 4.69) is 255 Å². The number of benzene rings is 10. The lowest BCUT2D eigenvalue weighted by Gasteiger charge is -2.31. The molecule has 0 saturated carbocycles. The average Bonchev–Trinajstić information content (AvgIpc) is 3.83. The summed E-state index contributed by atoms with van der Waals surface area (Å²) in [6, 6.07) is 94.7. The lowest BCUT2D eigenvalue weighted by molar-refractivity contribution is 0.794. The second kappa shape index (κ2) is 15.3. The minimum absolute atomic E-state index is 0.158. The Morgan fingerprint density at radius 2 is 0.476 bits per heavy atom. The van der Waals surface area contributed by atoms with Crippen LogP contribution in [0.1, 0.15) is 67.5 Å². The van der Waals surface area contributed by atoms with Crippen molar-refractivity contribution in [2.45, 2.75) is 17.3 Å². The maximum absolute atomic E-state index is 2.50. The fourth-order valence-corrected chi connectivity index (χ4v) is 11.0. The van der Waals surface area contributed by atoms with Crippen LogP contribution in [0.2, 0.25) is 0 Å². The zero-order valence-electron chi connectivity index (χ0n) is 34.9. The SMILES string of the molecule is c1ccc(C(c2ccccc2)c2ccc(-c3ccc4c(c3)C3(c5ccccc5-c5ccccc53)c3cc(-c5ccc(C(c6ccccc6)c6ccccc6)cc5)ccc3-4)cc2)cc1. The summed E-state index contributed by atoms with van der Waals surface area (Å²) in [4.78, 5) is 0. The molecule has 0 fully saturated rings. The third-order valence-electron chi connectivity index (χ3n) is 13.8. The Morgan fingerprint density at radius 1 is 0.206 bits per heavy atom. The van der Waals surface area contributed by atoms with Crippen LogP contribution >= 0.6 is 0 Å². The molecule has 10 aromatic rings. The quantitative estimate of drug-likeness (QED) is 0.134. The monoisotopic (exact) mass is 800 g/mol. The van der Waals surface area contributed by atoms with Gasteiger partial charge in [0.25, 0.3) is 0 Å². The summed E-state index contributed by atoms with van der Waals surface area (Å²) in [5, 5.41) is 0. The lowest BCUT2D eigenvalue weighted by atomic mass is 9.70. The van der Waals surface area contributed by atoms with Gasteiger partial charge in [-0.15, -0.1) is 0 Å². The van der Waals surface area contributed by atoms with Gasteiger partial charge in [-0.3, -0.25) is 0 Å². The Labute approximate surface area is 370 Å². The maximum Gasteiger partial charge on any atom is 0.0725 e. The Bertz CT molecular complexity index is 2930. The highest BCUT2D eigenvalue weighted by Gasteiger charge is 2.51. The number of hydrogen-bond acceptors (Lipinski definition) is 0. The highest BCUT2D eigenvalue weighted by atomic mass is 14.5. The molecule has 0 heterocycles. The third-order valence-corrected chi connectivity index (χ3v) is 13.8. The third kappa shape index (κ3) is 6.05. The van der Waals surface area contributed by atoms with Gasteiger partial charge in [0.05, 0.1) is 5.41 Å². The van der Waals surface area contributed by atoms with Gasteiger partial charge in [-0.2, -0.15) is 0 Å². The second-order valence-corrected chi connectivity index (χ2v) is 17.1. The standard InChI is InChI=1S/C63H44/c1-5-17-45(18-6-1)61(46-19-7-2-8-20-46)49-33-29-43(30-34-49)51-37-39-55-56-40-38-52(44-31-35-50(36-32-44)62(47-21-9-3-10-22-47)48-23-11-4-12-24-48)42-60(56)63(59(55)41-51)57-27-15-13-25-53(57)54-26-14-16-28-58(54)63/h1-42,61-62H. The predicted molar refractivity (Wildman–Crippen MR) is 261 cm³/mol. The molecule has 0 aliphatic heterocycles. The Kier molecular flexibility index (Phi) is 8.97. The fraction of sp³-hybridized carbons (Fsp3) is 0.0476. The van der Waals surface area contributed by atoms with E-state index in [1.807, 2.05) is 0 Å². The first kappa shape index (κ1) is 37.0. The molecule has 63 heavy (non-hydrogen) atoms. The molecular weight excluding hydrogens is 757 g/mol. The zero-order valence-corrected chi connectivity index (χ0v) is 34.9. The molecule has 10 aromatic carbocycles. The van der Waals surface area contributed by atoms with Crippen molar-refractivity contribution >= 4 is 0 Å². The number of rotatable bonds is 8. The molecule has 0 atom stereocenters. The highest BCUT2D eigenvalue weighted by molar-refractivity contribution is 5.96. The Morgan fingerprint density at radius 3 is 0.825 bits per heavy atom. The Balaban J connectivity index is 0.976. The normalized spacial score (nSPS) is 12.9. The fourth-order valence-electron chi connectivity index (χ4n) is 11.0. The van der Waals surface area contributed by atoms with Gasteiger partial charge >= 0.3 is 0 Å². The molecule has 0 bridgehead atoms. The maximum atomic E-state index is 2.50. The lowest BCUT2D eigenvalue weighted by Crippen LogP contribution is -2.26. The molecule has 296 valence electrons. The minimum Gasteiger partial charge on any atom is -0.0622 e. The molecule has 0 nitrogen and oxygen atoms in total. The van der Waals surface area contributed by atoms with Crippen molar-refractivity contribution in [3.8, 4) is 44.5 Å². The van der Waals surface area contributed by atoms with E-state index in [0.717, 1.165) is 0 Å². The van der Waals surface area contributed by atoms with Gasteiger partial charge in [0.15, 0.2) is 0 Å². The van der Waals surface area contributed by atoms with E-state index in [0.29, 0.717) is 0 Å². The van der Waals surface area contributed by atoms with Crippen molar-refractivity contribution in [2.24, 2.45) is 0 Å². The van der Waals surface area contributed by atoms with E-state index in [-0.39, 0.29) is 11.8 Å². The van der Waals surface area contributed by atoms with Crippen LogP contribution in [0.3, 0.4) is 0 Å². The van der Waals surface area contributed by atoms with Crippen LogP contribution in [0.4, 0.5) is 0 Å². The van der Waals surface area contributed by atoms with Crippen LogP contribution in [0.15, 0.2) is 255 Å². The summed E-state index contributed by atoms with van der Waals surface area (Å²) in [5.41, 5.74) is 22.9. The largest absolute Gasteiger partial charge is 0.0725 e. The molecule has 1 spiro atoms. The molecule has 2 aliphatic rings. The summed E-state index contributed by atoms with van der Waals surface area (Å²) in [7, 11) is 0. The molecule has 0 aromatic heterocycles. The first-order chi connectivity index (χ1) is 31.3. The van der Waals surface area contributed by atoms with Gasteiger partial charge in [0.2, 0.25) is 0 Å². The van der Waals surface area contributed by atoms with Gasteiger partial charge in [0, 0.05) is 11.8 Å². The smallest absolute Gasteiger partial charge is 0.0622 e. The predicted octanol–water partition coefficient (Wildman–Crippen LogP) is 15.7. The summed E-state index contributed by atoms with van der Waals surface area (Å²) in [6.07, 6.45) is 0. The van der Waals surface area contributed by atoms with Crippen molar-refractivity contribution in [2.75, 3.05) is 0 Å².